The first-order valence-corrected chi connectivity index (χ1v) is 29.4. The number of fused-ring (bicyclic) bond motifs is 2. The number of anilines is 6. The number of halogens is 2. The minimum absolute atomic E-state index is 0. The molecular weight excluding hydrogens is 1290 g/mol. The van der Waals surface area contributed by atoms with Gasteiger partial charge in [-0.1, -0.05) is 24.3 Å². The summed E-state index contributed by atoms with van der Waals surface area (Å²) in [7, 11) is -20.2. The molecule has 0 bridgehead atoms. The van der Waals surface area contributed by atoms with Gasteiger partial charge in [0, 0.05) is 59.1 Å². The van der Waals surface area contributed by atoms with Crippen molar-refractivity contribution in [3.05, 3.63) is 108 Å². The normalized spacial score (nSPS) is 13.5. The molecule has 9 rings (SSSR count). The third-order valence-electron chi connectivity index (χ3n) is 11.5. The van der Waals surface area contributed by atoms with Gasteiger partial charge in [-0.3, -0.25) is 19.1 Å². The molecule has 1 aliphatic heterocycles. The van der Waals surface area contributed by atoms with E-state index in [0.717, 1.165) is 48.5 Å². The van der Waals surface area contributed by atoms with Crippen LogP contribution in [0.3, 0.4) is 0 Å². The average Bonchev–Trinajstić information content (AvgIpc) is 1.21. The van der Waals surface area contributed by atoms with Gasteiger partial charge in [0.15, 0.2) is 0 Å². The van der Waals surface area contributed by atoms with Crippen LogP contribution in [0, 0.1) is 0 Å². The van der Waals surface area contributed by atoms with Crippen LogP contribution in [0.25, 0.3) is 21.5 Å². The van der Waals surface area contributed by atoms with E-state index in [1.165, 1.54) is 62.4 Å². The van der Waals surface area contributed by atoms with Crippen molar-refractivity contribution in [3.8, 4) is 0 Å². The molecule has 8 aromatic rings. The van der Waals surface area contributed by atoms with Gasteiger partial charge < -0.3 is 39.8 Å². The number of hydrogen-bond donors (Lipinski definition) is 4. The Bertz CT molecular complexity index is 4270. The molecule has 1 aliphatic rings. The van der Waals surface area contributed by atoms with E-state index >= 15 is 0 Å². The zero-order valence-electron chi connectivity index (χ0n) is 45.5. The van der Waals surface area contributed by atoms with E-state index in [4.69, 9.17) is 23.2 Å². The molecule has 1 saturated heterocycles. The molecule has 0 amide bonds. The van der Waals surface area contributed by atoms with Gasteiger partial charge in [0.1, 0.15) is 41.4 Å². The monoisotopic (exact) mass is 1320 g/mol. The first-order valence-electron chi connectivity index (χ1n) is 23.0. The smallest absolute Gasteiger partial charge is 0.862 e. The largest absolute Gasteiger partial charge is 1.00 e. The van der Waals surface area contributed by atoms with Crippen LogP contribution in [-0.2, 0) is 40.5 Å². The van der Waals surface area contributed by atoms with Crippen LogP contribution in [0.5, 0.6) is 0 Å². The van der Waals surface area contributed by atoms with E-state index in [-0.39, 0.29) is 220 Å². The average molecular weight is 1330 g/mol. The second-order valence-corrected chi connectivity index (χ2v) is 23.3. The standard InChI is InChI=1S/C46H38Cl2N16O14S4.4Na/c1-23(65)49-35-19-25(9-11-33(35)61-59-27-17-31-29(39(21-27)81(73,74)75)5-3-7-37(31)79(67,68)69)51-43-53-41(47)55-45(57-43)63-13-15-64(16-14-63)46-56-42(48)54-44(58-46)52-26-10-12-34(36(20-26)50-24(2)66)62-60-28-18-32-30(40(22-28)82(76,77)78)6-4-8-38(32)80(70,71)72;;;;/h3-12,17-22H,13-16H2,1-2H3,(H,49,65)(H,50,66)(H,67,68,69)(H,70,71,72)(H,73,74,75)(H,76,77,78)(H,51,53,55,57)(H,52,54,56,58);;;;/q;4*+1/p-4. The molecule has 0 saturated carbocycles. The Balaban J connectivity index is 0.00000337. The summed E-state index contributed by atoms with van der Waals surface area (Å²) in [6.45, 7) is 3.53. The van der Waals surface area contributed by atoms with E-state index in [1.807, 2.05) is 0 Å². The predicted octanol–water partition coefficient (Wildman–Crippen LogP) is -5.55. The summed E-state index contributed by atoms with van der Waals surface area (Å²) >= 11 is 12.7. The minimum Gasteiger partial charge on any atom is -0.862 e. The van der Waals surface area contributed by atoms with Crippen molar-refractivity contribution in [2.24, 2.45) is 30.4 Å². The van der Waals surface area contributed by atoms with Crippen LogP contribution in [0.4, 0.5) is 69.3 Å². The quantitative estimate of drug-likeness (QED) is 0.0230. The maximum atomic E-state index is 12.3. The third-order valence-corrected chi connectivity index (χ3v) is 15.4. The zero-order chi connectivity index (χ0) is 59.1. The summed E-state index contributed by atoms with van der Waals surface area (Å²) in [5.41, 5.74) is -0.141. The van der Waals surface area contributed by atoms with E-state index in [1.54, 1.807) is 9.80 Å². The van der Waals surface area contributed by atoms with Gasteiger partial charge in [-0.2, -0.15) is 57.0 Å². The minimum atomic E-state index is -5.11. The zero-order valence-corrected chi connectivity index (χ0v) is 58.3. The maximum Gasteiger partial charge on any atom is 1.00 e. The molecule has 6 aromatic carbocycles. The van der Waals surface area contributed by atoms with E-state index in [9.17, 15) is 62.1 Å². The molecule has 0 aliphatic carbocycles. The van der Waals surface area contributed by atoms with Crippen LogP contribution in [-0.4, -0.2) is 120 Å². The molecule has 0 spiro atoms. The second kappa shape index (κ2) is 29.4. The van der Waals surface area contributed by atoms with Gasteiger partial charge in [-0.25, -0.2) is 16.8 Å². The van der Waals surface area contributed by atoms with Crippen molar-refractivity contribution < 1.29 is 180 Å². The molecule has 40 heteroatoms. The Morgan fingerprint density at radius 3 is 1.16 bits per heavy atom. The number of aromatic nitrogens is 6. The molecule has 30 nitrogen and oxygen atoms in total. The molecule has 86 heavy (non-hydrogen) atoms. The Labute approximate surface area is 587 Å². The van der Waals surface area contributed by atoms with E-state index < -0.39 is 71.8 Å². The number of hydrogen-bond acceptors (Lipinski definition) is 28. The topological polar surface area (TPSA) is 451 Å². The Kier molecular flexibility index (Phi) is 24.6. The van der Waals surface area contributed by atoms with Gasteiger partial charge in [0.25, 0.3) is 20.2 Å². The Morgan fingerprint density at radius 2 is 0.837 bits per heavy atom. The molecule has 1 fully saturated rings. The van der Waals surface area contributed by atoms with Gasteiger partial charge in [0.2, 0.25) is 34.4 Å². The number of aliphatic imine (C=N–C) groups is 2. The summed E-state index contributed by atoms with van der Waals surface area (Å²) in [6.07, 6.45) is 0. The van der Waals surface area contributed by atoms with Crippen molar-refractivity contribution in [2.75, 3.05) is 46.6 Å². The van der Waals surface area contributed by atoms with Crippen molar-refractivity contribution in [1.29, 1.82) is 0 Å². The van der Waals surface area contributed by atoms with Crippen LogP contribution in [0.15, 0.2) is 147 Å². The Hall–Kier alpha value is -4.58. The first kappa shape index (κ1) is 72.2. The van der Waals surface area contributed by atoms with Crippen molar-refractivity contribution >= 4 is 166 Å². The molecular formula is C46H34Cl2N16Na4O14S4. The van der Waals surface area contributed by atoms with Gasteiger partial charge in [0.05, 0.1) is 32.5 Å². The molecule has 0 unspecified atom stereocenters. The van der Waals surface area contributed by atoms with Crippen molar-refractivity contribution in [2.45, 2.75) is 33.4 Å². The third kappa shape index (κ3) is 17.8. The maximum absolute atomic E-state index is 12.3. The number of nitrogens with one attached hydrogen (secondary N) is 2. The SMILES string of the molecule is CC([O-])=Nc1cc(Nc2nc(Cl)nc(N3CCN(c4nc(Cl)nc(Nc5ccc(N=Nc6cc(S(=O)(=O)O)c7cccc(S(=O)(=O)[O-])c7c6)c(N=C(C)[O-])c5)n4)CC3)n2)ccc1N=Nc1cc(S(=O)(=O)O)c2cccc(S(=O)(=O)[O-])c2c1.[Na+].[Na+].[Na+].[Na+]. The summed E-state index contributed by atoms with van der Waals surface area (Å²) in [4.78, 5) is 34.5. The number of piperazine rings is 1. The summed E-state index contributed by atoms with van der Waals surface area (Å²) in [5, 5.41) is 45.0. The fourth-order valence-electron chi connectivity index (χ4n) is 8.15. The molecule has 2 aromatic heterocycles. The second-order valence-electron chi connectivity index (χ2n) is 17.2. The van der Waals surface area contributed by atoms with Gasteiger partial charge in [-0.15, -0.1) is 10.2 Å². The number of benzene rings is 6. The van der Waals surface area contributed by atoms with Gasteiger partial charge >= 0.3 is 118 Å². The Morgan fingerprint density at radius 1 is 0.477 bits per heavy atom. The summed E-state index contributed by atoms with van der Waals surface area (Å²) < 4.78 is 141. The number of azo groups is 2. The van der Waals surface area contributed by atoms with Crippen LogP contribution >= 0.6 is 23.2 Å². The number of rotatable bonds is 16. The first-order chi connectivity index (χ1) is 38.5. The number of nitrogens with zero attached hydrogens (tertiary/aromatic N) is 14. The van der Waals surface area contributed by atoms with Crippen molar-refractivity contribution in [1.82, 2.24) is 29.9 Å². The molecule has 4 N–H and O–H groups in total. The summed E-state index contributed by atoms with van der Waals surface area (Å²) in [6, 6.07) is 19.1. The fourth-order valence-corrected chi connectivity index (χ4v) is 11.3. The predicted molar refractivity (Wildman–Crippen MR) is 291 cm³/mol. The van der Waals surface area contributed by atoms with Crippen molar-refractivity contribution in [3.63, 3.8) is 0 Å². The molecule has 3 heterocycles. The van der Waals surface area contributed by atoms with Crippen LogP contribution in [0.2, 0.25) is 10.6 Å². The van der Waals surface area contributed by atoms with E-state index in [2.05, 4.69) is 71.0 Å². The fraction of sp³-hybridized carbons (Fsp3) is 0.130. The van der Waals surface area contributed by atoms with Gasteiger partial charge in [-0.05, 0) is 122 Å². The summed E-state index contributed by atoms with van der Waals surface area (Å²) in [5.74, 6) is -1.01. The molecule has 424 valence electrons. The van der Waals surface area contributed by atoms with Crippen LogP contribution in [0.1, 0.15) is 13.8 Å². The molecule has 0 atom stereocenters. The molecule has 0 radical (unpaired) electrons. The van der Waals surface area contributed by atoms with E-state index in [0.29, 0.717) is 26.2 Å². The van der Waals surface area contributed by atoms with Crippen LogP contribution < -0.4 is 149 Å².